The third-order valence-electron chi connectivity index (χ3n) is 11.2. The Bertz CT molecular complexity index is 1900. The average Bonchev–Trinajstić information content (AvgIpc) is 3.97. The second-order valence-electron chi connectivity index (χ2n) is 14.9. The fourth-order valence-corrected chi connectivity index (χ4v) is 9.06. The standard InChI is InChI=1S/C36H46ClN5O9S/c1-5-21-14-20(2)8-6-7-9-23-18-36(23,33(45)41-52(48,49)35(3)11-12-35)40-30(43)27-16-24(19-42(27)32(44)29(21)39-34(46)47)51-31-25-17-26(37)28(50-4)15-22(25)10-13-38-31/h7,9-10,13,15,17,20-21,23-24,27,29,39H,5-6,8,11-12,14,16,18-19H2,1-4H3,(H,40,43)(H,41,45)(H,46,47)/b9-7-/t20-,21-,23-,24-,27+,29+,36-/m1/s1. The van der Waals surface area contributed by atoms with Crippen LogP contribution in [-0.4, -0.2) is 89.4 Å². The molecule has 1 saturated heterocycles. The lowest BCUT2D eigenvalue weighted by Crippen LogP contribution is -2.59. The minimum absolute atomic E-state index is 0.0128. The number of rotatable bonds is 8. The van der Waals surface area contributed by atoms with Gasteiger partial charge >= 0.3 is 6.09 Å². The number of hydrogen-bond acceptors (Lipinski definition) is 9. The van der Waals surface area contributed by atoms with E-state index < -0.39 is 68.2 Å². The summed E-state index contributed by atoms with van der Waals surface area (Å²) in [5.41, 5.74) is -1.55. The summed E-state index contributed by atoms with van der Waals surface area (Å²) in [4.78, 5) is 60.5. The van der Waals surface area contributed by atoms with Crippen LogP contribution in [0.4, 0.5) is 4.79 Å². The van der Waals surface area contributed by atoms with Crippen LogP contribution in [0.25, 0.3) is 10.8 Å². The third-order valence-corrected chi connectivity index (χ3v) is 13.6. The molecular formula is C36H46ClN5O9S. The topological polar surface area (TPSA) is 193 Å². The fourth-order valence-electron chi connectivity index (χ4n) is 7.50. The number of allylic oxidation sites excluding steroid dienone is 1. The van der Waals surface area contributed by atoms with E-state index in [0.717, 1.165) is 11.8 Å². The van der Waals surface area contributed by atoms with Crippen molar-refractivity contribution < 1.29 is 42.2 Å². The van der Waals surface area contributed by atoms with E-state index in [1.807, 2.05) is 26.0 Å². The van der Waals surface area contributed by atoms with Crippen molar-refractivity contribution in [2.24, 2.45) is 17.8 Å². The van der Waals surface area contributed by atoms with E-state index in [1.165, 1.54) is 12.0 Å². The van der Waals surface area contributed by atoms with Crippen LogP contribution in [0.1, 0.15) is 72.1 Å². The second-order valence-corrected chi connectivity index (χ2v) is 17.5. The van der Waals surface area contributed by atoms with Crippen LogP contribution in [-0.2, 0) is 24.4 Å². The summed E-state index contributed by atoms with van der Waals surface area (Å²) < 4.78 is 39.1. The van der Waals surface area contributed by atoms with Gasteiger partial charge in [-0.3, -0.25) is 19.1 Å². The summed E-state index contributed by atoms with van der Waals surface area (Å²) in [6, 6.07) is 2.83. The molecule has 4 aliphatic rings. The highest BCUT2D eigenvalue weighted by Gasteiger charge is 2.63. The maximum Gasteiger partial charge on any atom is 0.405 e. The molecule has 4 amide bonds. The van der Waals surface area contributed by atoms with Gasteiger partial charge in [-0.15, -0.1) is 0 Å². The van der Waals surface area contributed by atoms with E-state index in [-0.39, 0.29) is 37.1 Å². The van der Waals surface area contributed by atoms with Crippen LogP contribution in [0.3, 0.4) is 0 Å². The fraction of sp³-hybridized carbons (Fsp3) is 0.583. The number of pyridine rings is 1. The van der Waals surface area contributed by atoms with Gasteiger partial charge in [0.2, 0.25) is 27.7 Å². The molecule has 0 bridgehead atoms. The Hall–Kier alpha value is -4.11. The van der Waals surface area contributed by atoms with Crippen LogP contribution in [0.5, 0.6) is 11.6 Å². The quantitative estimate of drug-likeness (QED) is 0.284. The number of carbonyl (C=O) groups excluding carboxylic acids is 3. The van der Waals surface area contributed by atoms with Crippen LogP contribution in [0.15, 0.2) is 36.5 Å². The zero-order chi connectivity index (χ0) is 37.6. The zero-order valence-electron chi connectivity index (χ0n) is 29.7. The highest BCUT2D eigenvalue weighted by Crippen LogP contribution is 2.47. The molecule has 7 atom stereocenters. The summed E-state index contributed by atoms with van der Waals surface area (Å²) >= 11 is 6.43. The summed E-state index contributed by atoms with van der Waals surface area (Å²) in [6.45, 7) is 5.43. The molecule has 0 radical (unpaired) electrons. The molecule has 6 rings (SSSR count). The van der Waals surface area contributed by atoms with Gasteiger partial charge in [-0.1, -0.05) is 44.0 Å². The molecular weight excluding hydrogens is 714 g/mol. The van der Waals surface area contributed by atoms with E-state index in [1.54, 1.807) is 31.3 Å². The predicted molar refractivity (Wildman–Crippen MR) is 192 cm³/mol. The van der Waals surface area contributed by atoms with Crippen molar-refractivity contribution in [2.75, 3.05) is 13.7 Å². The van der Waals surface area contributed by atoms with Crippen molar-refractivity contribution in [1.29, 1.82) is 0 Å². The Kier molecular flexibility index (Phi) is 10.4. The lowest BCUT2D eigenvalue weighted by molar-refractivity contribution is -0.142. The lowest BCUT2D eigenvalue weighted by atomic mass is 9.85. The summed E-state index contributed by atoms with van der Waals surface area (Å²) in [6.07, 6.45) is 6.65. The summed E-state index contributed by atoms with van der Waals surface area (Å²) in [7, 11) is -2.50. The number of sulfonamides is 1. The Morgan fingerprint density at radius 1 is 1.21 bits per heavy atom. The summed E-state index contributed by atoms with van der Waals surface area (Å²) in [5.74, 6) is -2.13. The molecule has 2 aromatic rings. The van der Waals surface area contributed by atoms with Gasteiger partial charge in [0.15, 0.2) is 0 Å². The number of halogens is 1. The van der Waals surface area contributed by atoms with Gasteiger partial charge in [-0.25, -0.2) is 18.2 Å². The highest BCUT2D eigenvalue weighted by molar-refractivity contribution is 7.91. The molecule has 2 aliphatic heterocycles. The van der Waals surface area contributed by atoms with Gasteiger partial charge in [0.05, 0.1) is 23.4 Å². The Labute approximate surface area is 308 Å². The molecule has 52 heavy (non-hydrogen) atoms. The SMILES string of the molecule is CC[C@@H]1C[C@H](C)CC/C=C\[C@@H]2C[C@@]2(C(=O)NS(=O)(=O)C2(C)CC2)NC(=O)[C@@H]2C[C@@H](Oc3nccc4cc(OC)c(Cl)cc34)CN2C(=O)[C@H]1NC(=O)O. The molecule has 3 heterocycles. The van der Waals surface area contributed by atoms with Crippen molar-refractivity contribution in [1.82, 2.24) is 25.2 Å². The Balaban J connectivity index is 1.35. The second kappa shape index (κ2) is 14.4. The van der Waals surface area contributed by atoms with E-state index in [9.17, 15) is 32.7 Å². The van der Waals surface area contributed by atoms with Crippen molar-refractivity contribution >= 4 is 56.2 Å². The smallest absolute Gasteiger partial charge is 0.405 e. The molecule has 2 aliphatic carbocycles. The Morgan fingerprint density at radius 3 is 2.63 bits per heavy atom. The number of hydrogen-bond donors (Lipinski definition) is 4. The van der Waals surface area contributed by atoms with Gasteiger partial charge < -0.3 is 30.1 Å². The van der Waals surface area contributed by atoms with Gasteiger partial charge in [0.1, 0.15) is 29.5 Å². The first kappa shape index (κ1) is 37.6. The van der Waals surface area contributed by atoms with Crippen LogP contribution in [0.2, 0.25) is 5.02 Å². The normalized spacial score (nSPS) is 30.8. The van der Waals surface area contributed by atoms with Crippen LogP contribution < -0.4 is 24.8 Å². The van der Waals surface area contributed by atoms with E-state index >= 15 is 0 Å². The number of carbonyl (C=O) groups is 4. The number of carboxylic acid groups (broad SMARTS) is 1. The maximum absolute atomic E-state index is 14.5. The van der Waals surface area contributed by atoms with Crippen LogP contribution in [0, 0.1) is 17.8 Å². The number of fused-ring (bicyclic) bond motifs is 3. The number of aromatic nitrogens is 1. The van der Waals surface area contributed by atoms with Gasteiger partial charge in [0.25, 0.3) is 5.91 Å². The molecule has 1 aromatic heterocycles. The first-order valence-corrected chi connectivity index (χ1v) is 19.6. The maximum atomic E-state index is 14.5. The van der Waals surface area contributed by atoms with Gasteiger partial charge in [0, 0.05) is 23.9 Å². The van der Waals surface area contributed by atoms with Crippen molar-refractivity contribution in [3.05, 3.63) is 41.6 Å². The molecule has 16 heteroatoms. The molecule has 0 unspecified atom stereocenters. The minimum Gasteiger partial charge on any atom is -0.495 e. The average molecular weight is 760 g/mol. The molecule has 0 spiro atoms. The third kappa shape index (κ3) is 7.39. The number of ether oxygens (including phenoxy) is 2. The first-order valence-electron chi connectivity index (χ1n) is 17.8. The molecule has 1 aromatic carbocycles. The Morgan fingerprint density at radius 2 is 1.96 bits per heavy atom. The first-order chi connectivity index (χ1) is 24.6. The summed E-state index contributed by atoms with van der Waals surface area (Å²) in [5, 5.41) is 16.8. The monoisotopic (exact) mass is 759 g/mol. The van der Waals surface area contributed by atoms with Crippen molar-refractivity contribution in [2.45, 2.75) is 101 Å². The highest BCUT2D eigenvalue weighted by atomic mass is 35.5. The molecule has 4 N–H and O–H groups in total. The van der Waals surface area contributed by atoms with E-state index in [2.05, 4.69) is 20.3 Å². The number of methoxy groups -OCH3 is 1. The number of benzene rings is 1. The molecule has 14 nitrogen and oxygen atoms in total. The van der Waals surface area contributed by atoms with Crippen molar-refractivity contribution in [3.8, 4) is 11.6 Å². The number of nitrogens with zero attached hydrogens (tertiary/aromatic N) is 2. The number of amides is 4. The van der Waals surface area contributed by atoms with Gasteiger partial charge in [-0.2, -0.15) is 0 Å². The van der Waals surface area contributed by atoms with Crippen molar-refractivity contribution in [3.63, 3.8) is 0 Å². The predicted octanol–water partition coefficient (Wildman–Crippen LogP) is 4.16. The minimum atomic E-state index is -4.01. The van der Waals surface area contributed by atoms with E-state index in [4.69, 9.17) is 21.1 Å². The molecule has 3 fully saturated rings. The largest absolute Gasteiger partial charge is 0.495 e. The van der Waals surface area contributed by atoms with Crippen LogP contribution >= 0.6 is 11.6 Å². The van der Waals surface area contributed by atoms with E-state index in [0.29, 0.717) is 48.3 Å². The zero-order valence-corrected chi connectivity index (χ0v) is 31.3. The number of nitrogens with one attached hydrogen (secondary N) is 3. The molecule has 2 saturated carbocycles. The van der Waals surface area contributed by atoms with Gasteiger partial charge in [-0.05, 0) is 80.9 Å². The lowest BCUT2D eigenvalue weighted by Gasteiger charge is -2.33. The molecule has 282 valence electrons.